The van der Waals surface area contributed by atoms with Gasteiger partial charge in [0.25, 0.3) is 5.91 Å². The number of ether oxygens (including phenoxy) is 1. The van der Waals surface area contributed by atoms with Gasteiger partial charge in [-0.05, 0) is 30.9 Å². The molecule has 1 amide bonds. The van der Waals surface area contributed by atoms with Gasteiger partial charge >= 0.3 is 5.69 Å². The Morgan fingerprint density at radius 3 is 2.86 bits per heavy atom. The first-order chi connectivity index (χ1) is 10.5. The summed E-state index contributed by atoms with van der Waals surface area (Å²) in [5.41, 5.74) is -0.244. The molecule has 2 rings (SSSR count). The van der Waals surface area contributed by atoms with E-state index in [2.05, 4.69) is 12.2 Å². The van der Waals surface area contributed by atoms with Gasteiger partial charge in [0.1, 0.15) is 0 Å². The molecule has 0 spiro atoms. The van der Waals surface area contributed by atoms with Gasteiger partial charge in [-0.1, -0.05) is 31.4 Å². The van der Waals surface area contributed by atoms with E-state index in [1.54, 1.807) is 0 Å². The molecule has 0 heterocycles. The number of hydrogen-bond donors (Lipinski definition) is 1. The van der Waals surface area contributed by atoms with Crippen molar-refractivity contribution in [1.82, 2.24) is 5.32 Å². The van der Waals surface area contributed by atoms with E-state index < -0.39 is 4.92 Å². The maximum atomic E-state index is 11.9. The summed E-state index contributed by atoms with van der Waals surface area (Å²) in [6.07, 6.45) is 4.38. The first-order valence-electron chi connectivity index (χ1n) is 7.33. The molecule has 1 fully saturated rings. The average molecular weight is 327 g/mol. The van der Waals surface area contributed by atoms with Crippen molar-refractivity contribution in [3.05, 3.63) is 33.3 Å². The van der Waals surface area contributed by atoms with Crippen LogP contribution in [0, 0.1) is 16.0 Å². The van der Waals surface area contributed by atoms with Crippen molar-refractivity contribution >= 4 is 23.2 Å². The smallest absolute Gasteiger partial charge is 0.312 e. The zero-order chi connectivity index (χ0) is 16.1. The van der Waals surface area contributed by atoms with Crippen LogP contribution in [0.4, 0.5) is 5.69 Å². The third kappa shape index (κ3) is 4.34. The highest BCUT2D eigenvalue weighted by Gasteiger charge is 2.23. The van der Waals surface area contributed by atoms with Gasteiger partial charge < -0.3 is 10.1 Å². The monoisotopic (exact) mass is 326 g/mol. The molecular formula is C15H19ClN2O4. The molecule has 2 atom stereocenters. The molecule has 0 bridgehead atoms. The maximum Gasteiger partial charge on any atom is 0.312 e. The molecule has 6 nitrogen and oxygen atoms in total. The molecule has 1 aromatic carbocycles. The lowest BCUT2D eigenvalue weighted by Crippen LogP contribution is -2.43. The maximum absolute atomic E-state index is 11.9. The van der Waals surface area contributed by atoms with Crippen LogP contribution in [0.3, 0.4) is 0 Å². The number of halogens is 1. The summed E-state index contributed by atoms with van der Waals surface area (Å²) in [5, 5.41) is 14.1. The molecule has 1 saturated carbocycles. The van der Waals surface area contributed by atoms with Crippen molar-refractivity contribution in [1.29, 1.82) is 0 Å². The number of benzene rings is 1. The number of nitro groups is 1. The SMILES string of the molecule is C[C@@H]1CCCC[C@H]1NC(=O)COc1ccc(Cl)cc1[N+](=O)[O-]. The Balaban J connectivity index is 1.92. The summed E-state index contributed by atoms with van der Waals surface area (Å²) in [5.74, 6) is 0.229. The molecule has 7 heteroatoms. The predicted molar refractivity (Wildman–Crippen MR) is 83.2 cm³/mol. The largest absolute Gasteiger partial charge is 0.477 e. The van der Waals surface area contributed by atoms with Crippen LogP contribution in [-0.2, 0) is 4.79 Å². The number of carbonyl (C=O) groups is 1. The van der Waals surface area contributed by atoms with E-state index in [0.29, 0.717) is 5.92 Å². The fourth-order valence-corrected chi connectivity index (χ4v) is 2.84. The molecule has 1 N–H and O–H groups in total. The second-order valence-corrected chi connectivity index (χ2v) is 6.03. The highest BCUT2D eigenvalue weighted by Crippen LogP contribution is 2.30. The second kappa shape index (κ2) is 7.45. The minimum absolute atomic E-state index is 0.0428. The topological polar surface area (TPSA) is 81.5 Å². The van der Waals surface area contributed by atoms with Crippen molar-refractivity contribution in [3.63, 3.8) is 0 Å². The summed E-state index contributed by atoms with van der Waals surface area (Å²) in [7, 11) is 0. The lowest BCUT2D eigenvalue weighted by molar-refractivity contribution is -0.385. The number of nitro benzene ring substituents is 1. The zero-order valence-electron chi connectivity index (χ0n) is 12.4. The van der Waals surface area contributed by atoms with Crippen LogP contribution in [0.5, 0.6) is 5.75 Å². The summed E-state index contributed by atoms with van der Waals surface area (Å²) in [4.78, 5) is 22.3. The number of carbonyl (C=O) groups excluding carboxylic acids is 1. The van der Waals surface area contributed by atoms with Gasteiger partial charge in [-0.25, -0.2) is 0 Å². The number of nitrogens with zero attached hydrogens (tertiary/aromatic N) is 1. The lowest BCUT2D eigenvalue weighted by Gasteiger charge is -2.29. The molecule has 1 aliphatic carbocycles. The number of hydrogen-bond acceptors (Lipinski definition) is 4. The summed E-state index contributed by atoms with van der Waals surface area (Å²) in [6.45, 7) is 1.88. The molecule has 1 aromatic rings. The number of nitrogens with one attached hydrogen (secondary N) is 1. The van der Waals surface area contributed by atoms with Crippen LogP contribution < -0.4 is 10.1 Å². The van der Waals surface area contributed by atoms with Crippen molar-refractivity contribution in [2.24, 2.45) is 5.92 Å². The Kier molecular flexibility index (Phi) is 5.60. The van der Waals surface area contributed by atoms with Crippen LogP contribution in [0.1, 0.15) is 32.6 Å². The number of rotatable bonds is 5. The Labute approximate surface area is 133 Å². The van der Waals surface area contributed by atoms with E-state index in [9.17, 15) is 14.9 Å². The average Bonchev–Trinajstić information content (AvgIpc) is 2.48. The van der Waals surface area contributed by atoms with Gasteiger partial charge in [-0.3, -0.25) is 14.9 Å². The van der Waals surface area contributed by atoms with E-state index in [-0.39, 0.29) is 35.0 Å². The molecule has 0 unspecified atom stereocenters. The van der Waals surface area contributed by atoms with Gasteiger partial charge in [0.05, 0.1) is 4.92 Å². The first kappa shape index (κ1) is 16.5. The lowest BCUT2D eigenvalue weighted by atomic mass is 9.86. The summed E-state index contributed by atoms with van der Waals surface area (Å²) >= 11 is 5.73. The molecule has 0 aromatic heterocycles. The van der Waals surface area contributed by atoms with Gasteiger partial charge in [0.15, 0.2) is 12.4 Å². The van der Waals surface area contributed by atoms with Gasteiger partial charge in [-0.2, -0.15) is 0 Å². The van der Waals surface area contributed by atoms with Gasteiger partial charge in [-0.15, -0.1) is 0 Å². The second-order valence-electron chi connectivity index (χ2n) is 5.59. The first-order valence-corrected chi connectivity index (χ1v) is 7.71. The minimum atomic E-state index is -0.581. The molecule has 0 radical (unpaired) electrons. The minimum Gasteiger partial charge on any atom is -0.477 e. The highest BCUT2D eigenvalue weighted by atomic mass is 35.5. The van der Waals surface area contributed by atoms with E-state index in [1.807, 2.05) is 0 Å². The molecular weight excluding hydrogens is 308 g/mol. The van der Waals surface area contributed by atoms with Gasteiger partial charge in [0, 0.05) is 17.1 Å². The third-order valence-electron chi connectivity index (χ3n) is 3.93. The Morgan fingerprint density at radius 2 is 2.18 bits per heavy atom. The fraction of sp³-hybridized carbons (Fsp3) is 0.533. The predicted octanol–water partition coefficient (Wildman–Crippen LogP) is 3.32. The summed E-state index contributed by atoms with van der Waals surface area (Å²) < 4.78 is 5.28. The van der Waals surface area contributed by atoms with E-state index in [1.165, 1.54) is 24.6 Å². The molecule has 22 heavy (non-hydrogen) atoms. The van der Waals surface area contributed by atoms with Crippen LogP contribution in [0.25, 0.3) is 0 Å². The summed E-state index contributed by atoms with van der Waals surface area (Å²) in [6, 6.07) is 4.25. The molecule has 0 aliphatic heterocycles. The van der Waals surface area contributed by atoms with E-state index in [0.717, 1.165) is 19.3 Å². The normalized spacial score (nSPS) is 21.2. The Hall–Kier alpha value is -1.82. The molecule has 120 valence electrons. The standard InChI is InChI=1S/C15H19ClN2O4/c1-10-4-2-3-5-12(10)17-15(19)9-22-14-7-6-11(16)8-13(14)18(20)21/h6-8,10,12H,2-5,9H2,1H3,(H,17,19)/t10-,12-/m1/s1. The Bertz CT molecular complexity index is 564. The number of amides is 1. The molecule has 0 saturated heterocycles. The quantitative estimate of drug-likeness (QED) is 0.664. The highest BCUT2D eigenvalue weighted by molar-refractivity contribution is 6.30. The van der Waals surface area contributed by atoms with Crippen LogP contribution in [0.15, 0.2) is 18.2 Å². The van der Waals surface area contributed by atoms with Crippen molar-refractivity contribution in [3.8, 4) is 5.75 Å². The molecule has 1 aliphatic rings. The van der Waals surface area contributed by atoms with Crippen LogP contribution in [0.2, 0.25) is 5.02 Å². The van der Waals surface area contributed by atoms with Crippen LogP contribution >= 0.6 is 11.6 Å². The third-order valence-corrected chi connectivity index (χ3v) is 4.17. The fourth-order valence-electron chi connectivity index (χ4n) is 2.68. The van der Waals surface area contributed by atoms with Crippen molar-refractivity contribution < 1.29 is 14.5 Å². The van der Waals surface area contributed by atoms with E-state index >= 15 is 0 Å². The van der Waals surface area contributed by atoms with Crippen molar-refractivity contribution in [2.45, 2.75) is 38.6 Å². The van der Waals surface area contributed by atoms with Crippen molar-refractivity contribution in [2.75, 3.05) is 6.61 Å². The Morgan fingerprint density at radius 1 is 1.45 bits per heavy atom. The van der Waals surface area contributed by atoms with Gasteiger partial charge in [0.2, 0.25) is 0 Å². The zero-order valence-corrected chi connectivity index (χ0v) is 13.1. The van der Waals surface area contributed by atoms with Crippen LogP contribution in [-0.4, -0.2) is 23.5 Å². The van der Waals surface area contributed by atoms with E-state index in [4.69, 9.17) is 16.3 Å².